The van der Waals surface area contributed by atoms with E-state index in [2.05, 4.69) is 6.07 Å². The lowest BCUT2D eigenvalue weighted by Gasteiger charge is -2.09. The first-order chi connectivity index (χ1) is 8.78. The Hall–Kier alpha value is -1.61. The Morgan fingerprint density at radius 3 is 2.22 bits per heavy atom. The van der Waals surface area contributed by atoms with E-state index in [1.165, 1.54) is 0 Å². The molecule has 0 aliphatic heterocycles. The third-order valence-electron chi connectivity index (χ3n) is 2.70. The highest BCUT2D eigenvalue weighted by molar-refractivity contribution is 7.98. The van der Waals surface area contributed by atoms with Crippen LogP contribution in [0.1, 0.15) is 0 Å². The van der Waals surface area contributed by atoms with Gasteiger partial charge in [-0.3, -0.25) is 0 Å². The molecule has 2 rings (SSSR count). The van der Waals surface area contributed by atoms with E-state index >= 15 is 0 Å². The Labute approximate surface area is 112 Å². The van der Waals surface area contributed by atoms with Crippen LogP contribution in [0.4, 0.5) is 0 Å². The van der Waals surface area contributed by atoms with E-state index in [-0.39, 0.29) is 0 Å². The zero-order valence-corrected chi connectivity index (χ0v) is 11.5. The van der Waals surface area contributed by atoms with E-state index in [9.17, 15) is 0 Å². The molecule has 1 radical (unpaired) electrons. The zero-order valence-electron chi connectivity index (χ0n) is 10.7. The smallest absolute Gasteiger partial charge is 0.133 e. The summed E-state index contributed by atoms with van der Waals surface area (Å²) in [6.07, 6.45) is 2.02. The molecule has 18 heavy (non-hydrogen) atoms. The lowest BCUT2D eigenvalue weighted by molar-refractivity contribution is 0.405. The second-order valence-electron chi connectivity index (χ2n) is 3.70. The van der Waals surface area contributed by atoms with Gasteiger partial charge in [-0.15, -0.1) is 11.8 Å². The Kier molecular flexibility index (Phi) is 4.15. The van der Waals surface area contributed by atoms with E-state index in [0.717, 1.165) is 27.5 Å². The van der Waals surface area contributed by atoms with Crippen LogP contribution in [0.3, 0.4) is 0 Å². The van der Waals surface area contributed by atoms with Crippen LogP contribution >= 0.6 is 11.8 Å². The van der Waals surface area contributed by atoms with Crippen molar-refractivity contribution in [3.63, 3.8) is 0 Å². The molecule has 0 saturated carbocycles. The van der Waals surface area contributed by atoms with E-state index in [1.54, 1.807) is 26.0 Å². The van der Waals surface area contributed by atoms with E-state index in [4.69, 9.17) is 9.47 Å². The van der Waals surface area contributed by atoms with Gasteiger partial charge < -0.3 is 9.47 Å². The second-order valence-corrected chi connectivity index (χ2v) is 4.52. The molecule has 3 heteroatoms. The maximum atomic E-state index is 5.29. The van der Waals surface area contributed by atoms with Gasteiger partial charge in [-0.1, -0.05) is 12.1 Å². The molecule has 0 unspecified atom stereocenters. The minimum atomic E-state index is 0.859. The molecule has 0 aliphatic rings. The summed E-state index contributed by atoms with van der Waals surface area (Å²) >= 11 is 1.63. The molecule has 2 aromatic rings. The Morgan fingerprint density at radius 2 is 1.67 bits per heavy atom. The van der Waals surface area contributed by atoms with Crippen LogP contribution in [-0.4, -0.2) is 20.5 Å². The molecule has 2 aromatic carbocycles. The molecule has 0 aliphatic carbocycles. The van der Waals surface area contributed by atoms with E-state index in [1.807, 2.05) is 42.7 Å². The van der Waals surface area contributed by atoms with Crippen LogP contribution in [-0.2, 0) is 0 Å². The molecule has 2 nitrogen and oxygen atoms in total. The quantitative estimate of drug-likeness (QED) is 0.776. The molecule has 0 aromatic heterocycles. The number of rotatable bonds is 4. The van der Waals surface area contributed by atoms with Crippen LogP contribution in [0.5, 0.6) is 11.5 Å². The van der Waals surface area contributed by atoms with Gasteiger partial charge in [-0.05, 0) is 41.6 Å². The average molecular weight is 259 g/mol. The number of methoxy groups -OCH3 is 2. The predicted molar refractivity (Wildman–Crippen MR) is 75.6 cm³/mol. The highest BCUT2D eigenvalue weighted by Gasteiger charge is 2.05. The van der Waals surface area contributed by atoms with Gasteiger partial charge >= 0.3 is 0 Å². The summed E-state index contributed by atoms with van der Waals surface area (Å²) in [6.45, 7) is 0. The van der Waals surface area contributed by atoms with Crippen molar-refractivity contribution in [2.75, 3.05) is 20.5 Å². The topological polar surface area (TPSA) is 18.5 Å². The summed E-state index contributed by atoms with van der Waals surface area (Å²) in [4.78, 5) is 1.02. The number of hydrogen-bond donors (Lipinski definition) is 0. The zero-order chi connectivity index (χ0) is 13.0. The third kappa shape index (κ3) is 2.62. The van der Waals surface area contributed by atoms with Crippen molar-refractivity contribution in [3.8, 4) is 22.6 Å². The fourth-order valence-corrected chi connectivity index (χ4v) is 2.28. The SMILES string of the molecule is COc1ccc(-c2[c]c(SC)c(OC)cc2)cc1. The fraction of sp³-hybridized carbons (Fsp3) is 0.200. The largest absolute Gasteiger partial charge is 0.497 e. The summed E-state index contributed by atoms with van der Waals surface area (Å²) in [7, 11) is 3.34. The highest BCUT2D eigenvalue weighted by atomic mass is 32.2. The van der Waals surface area contributed by atoms with Crippen molar-refractivity contribution in [1.82, 2.24) is 0 Å². The monoisotopic (exact) mass is 259 g/mol. The molecule has 0 bridgehead atoms. The number of ether oxygens (including phenoxy) is 2. The second kappa shape index (κ2) is 5.83. The maximum Gasteiger partial charge on any atom is 0.133 e. The summed E-state index contributed by atoms with van der Waals surface area (Å²) in [5.41, 5.74) is 2.18. The molecule has 0 saturated heterocycles. The lowest BCUT2D eigenvalue weighted by Crippen LogP contribution is -1.88. The first kappa shape index (κ1) is 12.8. The van der Waals surface area contributed by atoms with Gasteiger partial charge in [0.2, 0.25) is 0 Å². The summed E-state index contributed by atoms with van der Waals surface area (Å²) in [5, 5.41) is 0. The molecule has 0 N–H and O–H groups in total. The molecular weight excluding hydrogens is 244 g/mol. The van der Waals surface area contributed by atoms with Crippen molar-refractivity contribution in [2.24, 2.45) is 0 Å². The van der Waals surface area contributed by atoms with Gasteiger partial charge in [-0.2, -0.15) is 0 Å². The van der Waals surface area contributed by atoms with Crippen molar-refractivity contribution in [3.05, 3.63) is 42.5 Å². The average Bonchev–Trinajstić information content (AvgIpc) is 2.46. The summed E-state index contributed by atoms with van der Waals surface area (Å²) < 4.78 is 10.4. The summed E-state index contributed by atoms with van der Waals surface area (Å²) in [6, 6.07) is 15.3. The fourth-order valence-electron chi connectivity index (χ4n) is 1.71. The Bertz CT molecular complexity index is 521. The first-order valence-electron chi connectivity index (χ1n) is 5.57. The lowest BCUT2D eigenvalue weighted by atomic mass is 10.1. The Morgan fingerprint density at radius 1 is 0.944 bits per heavy atom. The van der Waals surface area contributed by atoms with Gasteiger partial charge in [0.05, 0.1) is 19.1 Å². The van der Waals surface area contributed by atoms with Crippen LogP contribution < -0.4 is 9.47 Å². The number of benzene rings is 2. The van der Waals surface area contributed by atoms with E-state index < -0.39 is 0 Å². The van der Waals surface area contributed by atoms with Crippen LogP contribution in [0.2, 0.25) is 0 Å². The van der Waals surface area contributed by atoms with Crippen molar-refractivity contribution in [1.29, 1.82) is 0 Å². The molecule has 0 atom stereocenters. The minimum absolute atomic E-state index is 0.859. The number of hydrogen-bond acceptors (Lipinski definition) is 3. The molecule has 0 amide bonds. The van der Waals surface area contributed by atoms with Crippen molar-refractivity contribution >= 4 is 11.8 Å². The molecule has 0 heterocycles. The molecule has 0 fully saturated rings. The van der Waals surface area contributed by atoms with Gasteiger partial charge in [0.15, 0.2) is 0 Å². The Balaban J connectivity index is 2.37. The van der Waals surface area contributed by atoms with Crippen LogP contribution in [0.25, 0.3) is 11.1 Å². The molecule has 0 spiro atoms. The predicted octanol–water partition coefficient (Wildman–Crippen LogP) is 3.89. The van der Waals surface area contributed by atoms with Gasteiger partial charge in [0.1, 0.15) is 11.5 Å². The minimum Gasteiger partial charge on any atom is -0.497 e. The molecule has 93 valence electrons. The van der Waals surface area contributed by atoms with Gasteiger partial charge in [0, 0.05) is 6.07 Å². The highest BCUT2D eigenvalue weighted by Crippen LogP contribution is 2.32. The van der Waals surface area contributed by atoms with Crippen molar-refractivity contribution in [2.45, 2.75) is 4.90 Å². The number of thioether (sulfide) groups is 1. The maximum absolute atomic E-state index is 5.29. The van der Waals surface area contributed by atoms with Gasteiger partial charge in [-0.25, -0.2) is 0 Å². The summed E-state index contributed by atoms with van der Waals surface area (Å²) in [5.74, 6) is 1.72. The standard InChI is InChI=1S/C15H15O2S/c1-16-13-7-4-11(5-8-13)12-6-9-14(17-2)15(10-12)18-3/h4-9H,1-3H3. The first-order valence-corrected chi connectivity index (χ1v) is 6.79. The molecular formula is C15H15O2S. The normalized spacial score (nSPS) is 10.2. The van der Waals surface area contributed by atoms with Crippen LogP contribution in [0.15, 0.2) is 41.3 Å². The van der Waals surface area contributed by atoms with Gasteiger partial charge in [0.25, 0.3) is 0 Å². The van der Waals surface area contributed by atoms with E-state index in [0.29, 0.717) is 0 Å². The third-order valence-corrected chi connectivity index (χ3v) is 3.41. The van der Waals surface area contributed by atoms with Crippen LogP contribution in [0, 0.1) is 6.07 Å². The van der Waals surface area contributed by atoms with Crippen molar-refractivity contribution < 1.29 is 9.47 Å².